The van der Waals surface area contributed by atoms with Crippen molar-refractivity contribution in [1.82, 2.24) is 24.1 Å². The number of nitrogens with zero attached hydrogens (tertiary/aromatic N) is 5. The summed E-state index contributed by atoms with van der Waals surface area (Å²) in [5.74, 6) is 0.631. The summed E-state index contributed by atoms with van der Waals surface area (Å²) in [5, 5.41) is 7.11. The molecule has 2 aromatic rings. The lowest BCUT2D eigenvalue weighted by Crippen LogP contribution is -2.31. The number of hydrogen-bond donors (Lipinski definition) is 1. The van der Waals surface area contributed by atoms with Crippen LogP contribution < -0.4 is 5.32 Å². The first-order chi connectivity index (χ1) is 11.5. The molecule has 2 aromatic heterocycles. The molecule has 1 atom stereocenters. The van der Waals surface area contributed by atoms with Crippen LogP contribution in [0.2, 0.25) is 0 Å². The number of anilines is 1. The molecular formula is C15H22N6O2S. The summed E-state index contributed by atoms with van der Waals surface area (Å²) in [4.78, 5) is 8.91. The van der Waals surface area contributed by atoms with Crippen LogP contribution in [0.4, 0.5) is 5.82 Å². The van der Waals surface area contributed by atoms with E-state index in [1.54, 1.807) is 31.0 Å². The van der Waals surface area contributed by atoms with Gasteiger partial charge in [-0.05, 0) is 26.7 Å². The lowest BCUT2D eigenvalue weighted by molar-refractivity contribution is 0.389. The highest BCUT2D eigenvalue weighted by molar-refractivity contribution is 7.89. The lowest BCUT2D eigenvalue weighted by atomic mass is 10.2. The quantitative estimate of drug-likeness (QED) is 0.880. The molecule has 0 saturated carbocycles. The van der Waals surface area contributed by atoms with Gasteiger partial charge in [-0.1, -0.05) is 0 Å². The number of hydrogen-bond acceptors (Lipinski definition) is 6. The summed E-state index contributed by atoms with van der Waals surface area (Å²) < 4.78 is 29.5. The third-order valence-corrected chi connectivity index (χ3v) is 6.41. The molecule has 1 N–H and O–H groups in total. The maximum Gasteiger partial charge on any atom is 0.247 e. The van der Waals surface area contributed by atoms with Crippen molar-refractivity contribution in [3.8, 4) is 0 Å². The minimum atomic E-state index is -3.61. The fourth-order valence-electron chi connectivity index (χ4n) is 3.11. The molecule has 3 rings (SSSR count). The van der Waals surface area contributed by atoms with Crippen molar-refractivity contribution in [3.05, 3.63) is 30.0 Å². The minimum absolute atomic E-state index is 0.272. The van der Waals surface area contributed by atoms with Crippen LogP contribution in [-0.2, 0) is 16.6 Å². The Morgan fingerprint density at radius 1 is 1.33 bits per heavy atom. The van der Waals surface area contributed by atoms with E-state index in [1.807, 2.05) is 6.92 Å². The second-order valence-electron chi connectivity index (χ2n) is 5.76. The normalized spacial score (nSPS) is 18.9. The number of sulfonamides is 1. The fourth-order valence-corrected chi connectivity index (χ4v) is 4.94. The van der Waals surface area contributed by atoms with Gasteiger partial charge in [0.05, 0.1) is 36.0 Å². The van der Waals surface area contributed by atoms with Gasteiger partial charge in [-0.2, -0.15) is 9.40 Å². The van der Waals surface area contributed by atoms with Crippen LogP contribution in [0.5, 0.6) is 0 Å². The van der Waals surface area contributed by atoms with E-state index in [-0.39, 0.29) is 10.9 Å². The highest BCUT2D eigenvalue weighted by atomic mass is 32.2. The van der Waals surface area contributed by atoms with Crippen LogP contribution in [0, 0.1) is 6.92 Å². The molecule has 130 valence electrons. The molecule has 0 aliphatic carbocycles. The number of aromatic nitrogens is 4. The first kappa shape index (κ1) is 16.8. The molecule has 0 bridgehead atoms. The van der Waals surface area contributed by atoms with Gasteiger partial charge in [0.25, 0.3) is 0 Å². The standard InChI is InChI=1S/C15H22N6O2S/c1-4-20-11(2)14(9-18-20)24(22,23)21-7-5-6-13(21)12-8-17-10-15(16-3)19-12/h8-10,13H,4-7H2,1-3H3,(H,16,19)/t13-/m1/s1. The monoisotopic (exact) mass is 350 g/mol. The summed E-state index contributed by atoms with van der Waals surface area (Å²) in [5.41, 5.74) is 1.33. The summed E-state index contributed by atoms with van der Waals surface area (Å²) >= 11 is 0. The molecule has 0 spiro atoms. The van der Waals surface area contributed by atoms with Crippen molar-refractivity contribution < 1.29 is 8.42 Å². The lowest BCUT2D eigenvalue weighted by Gasteiger charge is -2.23. The van der Waals surface area contributed by atoms with Crippen molar-refractivity contribution in [2.24, 2.45) is 0 Å². The Morgan fingerprint density at radius 3 is 2.79 bits per heavy atom. The van der Waals surface area contributed by atoms with Gasteiger partial charge in [0.1, 0.15) is 10.7 Å². The van der Waals surface area contributed by atoms with E-state index >= 15 is 0 Å². The van der Waals surface area contributed by atoms with E-state index in [0.29, 0.717) is 30.3 Å². The highest BCUT2D eigenvalue weighted by Crippen LogP contribution is 2.36. The van der Waals surface area contributed by atoms with E-state index in [2.05, 4.69) is 20.4 Å². The second kappa shape index (κ2) is 6.48. The van der Waals surface area contributed by atoms with Crippen LogP contribution >= 0.6 is 0 Å². The molecule has 3 heterocycles. The molecule has 24 heavy (non-hydrogen) atoms. The van der Waals surface area contributed by atoms with Gasteiger partial charge in [-0.3, -0.25) is 9.67 Å². The zero-order chi connectivity index (χ0) is 17.3. The molecule has 1 aliphatic heterocycles. The Morgan fingerprint density at radius 2 is 2.12 bits per heavy atom. The van der Waals surface area contributed by atoms with Crippen molar-refractivity contribution in [1.29, 1.82) is 0 Å². The van der Waals surface area contributed by atoms with E-state index in [4.69, 9.17) is 0 Å². The maximum absolute atomic E-state index is 13.1. The molecule has 1 aliphatic rings. The number of nitrogens with one attached hydrogen (secondary N) is 1. The Balaban J connectivity index is 1.98. The van der Waals surface area contributed by atoms with Crippen LogP contribution in [0.1, 0.15) is 37.2 Å². The molecule has 1 saturated heterocycles. The predicted octanol–water partition coefficient (Wildman–Crippen LogP) is 1.57. The Hall–Kier alpha value is -2.00. The molecule has 9 heteroatoms. The SMILES string of the molecule is CCn1ncc(S(=O)(=O)N2CCC[C@@H]2c2cncc(NC)n2)c1C. The van der Waals surface area contributed by atoms with Gasteiger partial charge in [-0.25, -0.2) is 13.4 Å². The van der Waals surface area contributed by atoms with E-state index in [9.17, 15) is 8.42 Å². The fraction of sp³-hybridized carbons (Fsp3) is 0.533. The van der Waals surface area contributed by atoms with Gasteiger partial charge < -0.3 is 5.32 Å². The molecule has 0 radical (unpaired) electrons. The van der Waals surface area contributed by atoms with E-state index in [1.165, 1.54) is 10.5 Å². The van der Waals surface area contributed by atoms with E-state index in [0.717, 1.165) is 12.8 Å². The number of aryl methyl sites for hydroxylation is 1. The third-order valence-electron chi connectivity index (χ3n) is 4.40. The molecule has 8 nitrogen and oxygen atoms in total. The summed E-state index contributed by atoms with van der Waals surface area (Å²) in [6.07, 6.45) is 6.24. The zero-order valence-electron chi connectivity index (χ0n) is 14.1. The van der Waals surface area contributed by atoms with Crippen molar-refractivity contribution in [2.75, 3.05) is 18.9 Å². The smallest absolute Gasteiger partial charge is 0.247 e. The second-order valence-corrected chi connectivity index (χ2v) is 7.62. The summed E-state index contributed by atoms with van der Waals surface area (Å²) in [6, 6.07) is -0.292. The zero-order valence-corrected chi connectivity index (χ0v) is 14.9. The Kier molecular flexibility index (Phi) is 4.55. The number of rotatable bonds is 5. The Labute approximate surface area is 142 Å². The van der Waals surface area contributed by atoms with Crippen molar-refractivity contribution in [2.45, 2.75) is 44.2 Å². The molecule has 0 aromatic carbocycles. The van der Waals surface area contributed by atoms with E-state index < -0.39 is 10.0 Å². The average molecular weight is 350 g/mol. The molecule has 0 unspecified atom stereocenters. The van der Waals surface area contributed by atoms with Crippen LogP contribution in [0.15, 0.2) is 23.5 Å². The van der Waals surface area contributed by atoms with Crippen LogP contribution in [0.3, 0.4) is 0 Å². The van der Waals surface area contributed by atoms with Gasteiger partial charge >= 0.3 is 0 Å². The molecular weight excluding hydrogens is 328 g/mol. The van der Waals surface area contributed by atoms with Crippen molar-refractivity contribution >= 4 is 15.8 Å². The van der Waals surface area contributed by atoms with Crippen LogP contribution in [-0.4, -0.2) is 46.1 Å². The van der Waals surface area contributed by atoms with Crippen LogP contribution in [0.25, 0.3) is 0 Å². The molecule has 1 fully saturated rings. The van der Waals surface area contributed by atoms with Gasteiger partial charge in [0.2, 0.25) is 10.0 Å². The average Bonchev–Trinajstić information content (AvgIpc) is 3.22. The minimum Gasteiger partial charge on any atom is -0.372 e. The highest BCUT2D eigenvalue weighted by Gasteiger charge is 2.38. The summed E-state index contributed by atoms with van der Waals surface area (Å²) in [7, 11) is -1.85. The predicted molar refractivity (Wildman–Crippen MR) is 90.1 cm³/mol. The topological polar surface area (TPSA) is 93.0 Å². The third kappa shape index (κ3) is 2.78. The largest absolute Gasteiger partial charge is 0.372 e. The first-order valence-corrected chi connectivity index (χ1v) is 9.47. The first-order valence-electron chi connectivity index (χ1n) is 8.03. The Bertz CT molecular complexity index is 832. The van der Waals surface area contributed by atoms with Crippen molar-refractivity contribution in [3.63, 3.8) is 0 Å². The van der Waals surface area contributed by atoms with Gasteiger partial charge in [0, 0.05) is 20.1 Å². The van der Waals surface area contributed by atoms with Gasteiger partial charge in [-0.15, -0.1) is 0 Å². The van der Waals surface area contributed by atoms with Gasteiger partial charge in [0.15, 0.2) is 0 Å². The molecule has 0 amide bonds. The summed E-state index contributed by atoms with van der Waals surface area (Å²) in [6.45, 7) is 4.85. The maximum atomic E-state index is 13.1.